The van der Waals surface area contributed by atoms with E-state index in [0.29, 0.717) is 12.2 Å². The second-order valence-corrected chi connectivity index (χ2v) is 4.47. The number of rotatable bonds is 1. The molecule has 0 spiro atoms. The quantitative estimate of drug-likeness (QED) is 0.518. The van der Waals surface area contributed by atoms with E-state index >= 15 is 0 Å². The fourth-order valence-corrected chi connectivity index (χ4v) is 2.11. The Labute approximate surface area is 49.8 Å². The number of hydrogen-bond acceptors (Lipinski definition) is 2. The van der Waals surface area contributed by atoms with Crippen LogP contribution in [0.25, 0.3) is 0 Å². The molecule has 0 N–H and O–H groups in total. The van der Waals surface area contributed by atoms with Crippen molar-refractivity contribution in [3.63, 3.8) is 0 Å². The largest absolute Gasteiger partial charge is 0.229 e. The van der Waals surface area contributed by atoms with Gasteiger partial charge in [0.2, 0.25) is 0 Å². The second-order valence-electron chi connectivity index (χ2n) is 2.07. The zero-order valence-electron chi connectivity index (χ0n) is 4.63. The van der Waals surface area contributed by atoms with Gasteiger partial charge in [0.15, 0.2) is 9.84 Å². The molecule has 1 aliphatic heterocycles. The first-order chi connectivity index (χ1) is 3.67. The van der Waals surface area contributed by atoms with Gasteiger partial charge in [0.05, 0.1) is 11.0 Å². The lowest BCUT2D eigenvalue weighted by atomic mass is 10.2. The van der Waals surface area contributed by atoms with Crippen molar-refractivity contribution in [3.05, 3.63) is 6.92 Å². The molecule has 1 aliphatic rings. The van der Waals surface area contributed by atoms with Crippen LogP contribution < -0.4 is 0 Å². The minimum absolute atomic E-state index is 0.109. The van der Waals surface area contributed by atoms with Gasteiger partial charge < -0.3 is 0 Å². The molecule has 47 valence electrons. The van der Waals surface area contributed by atoms with Crippen LogP contribution in [-0.4, -0.2) is 19.4 Å². The molecule has 0 aromatic carbocycles. The minimum atomic E-state index is -2.63. The van der Waals surface area contributed by atoms with E-state index in [1.54, 1.807) is 0 Å². The molecular formula is C5H9O2S. The first-order valence-corrected chi connectivity index (χ1v) is 4.39. The molecule has 1 heterocycles. The highest BCUT2D eigenvalue weighted by Gasteiger charge is 2.33. The topological polar surface area (TPSA) is 34.1 Å². The van der Waals surface area contributed by atoms with E-state index in [-0.39, 0.29) is 5.25 Å². The van der Waals surface area contributed by atoms with Gasteiger partial charge in [0.25, 0.3) is 0 Å². The van der Waals surface area contributed by atoms with E-state index in [9.17, 15) is 8.42 Å². The van der Waals surface area contributed by atoms with Crippen LogP contribution in [0.3, 0.4) is 0 Å². The second kappa shape index (κ2) is 1.72. The Bertz CT molecular complexity index is 167. The summed E-state index contributed by atoms with van der Waals surface area (Å²) in [6, 6.07) is 0. The highest BCUT2D eigenvalue weighted by Crippen LogP contribution is 2.22. The smallest absolute Gasteiger partial charge is 0.153 e. The van der Waals surface area contributed by atoms with Crippen molar-refractivity contribution in [2.45, 2.75) is 18.1 Å². The van der Waals surface area contributed by atoms with Gasteiger partial charge in [0.1, 0.15) is 0 Å². The SMILES string of the molecule is [CH2]CC1CCS1(=O)=O. The van der Waals surface area contributed by atoms with E-state index in [1.807, 2.05) is 0 Å². The van der Waals surface area contributed by atoms with Gasteiger partial charge >= 0.3 is 0 Å². The normalized spacial score (nSPS) is 33.9. The lowest BCUT2D eigenvalue weighted by Crippen LogP contribution is -2.35. The summed E-state index contributed by atoms with van der Waals surface area (Å²) < 4.78 is 21.2. The molecule has 8 heavy (non-hydrogen) atoms. The molecule has 1 fully saturated rings. The summed E-state index contributed by atoms with van der Waals surface area (Å²) in [5, 5.41) is -0.109. The average molecular weight is 133 g/mol. The Morgan fingerprint density at radius 3 is 2.25 bits per heavy atom. The van der Waals surface area contributed by atoms with Crippen LogP contribution in [0.5, 0.6) is 0 Å². The van der Waals surface area contributed by atoms with Crippen molar-refractivity contribution in [2.75, 3.05) is 5.75 Å². The molecule has 0 amide bonds. The molecule has 1 saturated heterocycles. The molecule has 2 nitrogen and oxygen atoms in total. The van der Waals surface area contributed by atoms with Crippen molar-refractivity contribution < 1.29 is 8.42 Å². The summed E-state index contributed by atoms with van der Waals surface area (Å²) >= 11 is 0. The summed E-state index contributed by atoms with van der Waals surface area (Å²) in [5.41, 5.74) is 0. The van der Waals surface area contributed by atoms with Gasteiger partial charge in [-0.25, -0.2) is 8.42 Å². The van der Waals surface area contributed by atoms with Crippen LogP contribution in [0.1, 0.15) is 12.8 Å². The van der Waals surface area contributed by atoms with Crippen LogP contribution in [0.2, 0.25) is 0 Å². The Balaban J connectivity index is 2.64. The molecule has 0 aromatic heterocycles. The van der Waals surface area contributed by atoms with Crippen LogP contribution in [-0.2, 0) is 9.84 Å². The first-order valence-electron chi connectivity index (χ1n) is 2.67. The van der Waals surface area contributed by atoms with Crippen LogP contribution in [0.4, 0.5) is 0 Å². The van der Waals surface area contributed by atoms with Crippen molar-refractivity contribution in [3.8, 4) is 0 Å². The van der Waals surface area contributed by atoms with Crippen LogP contribution in [0.15, 0.2) is 0 Å². The van der Waals surface area contributed by atoms with E-state index < -0.39 is 9.84 Å². The number of sulfone groups is 1. The zero-order chi connectivity index (χ0) is 6.20. The molecule has 1 unspecified atom stereocenters. The van der Waals surface area contributed by atoms with Crippen molar-refractivity contribution >= 4 is 9.84 Å². The summed E-state index contributed by atoms with van der Waals surface area (Å²) in [6.07, 6.45) is 1.37. The molecule has 1 atom stereocenters. The third-order valence-electron chi connectivity index (χ3n) is 1.55. The summed E-state index contributed by atoms with van der Waals surface area (Å²) in [6.45, 7) is 3.52. The monoisotopic (exact) mass is 133 g/mol. The number of hydrogen-bond donors (Lipinski definition) is 0. The standard InChI is InChI=1S/C5H9O2S/c1-2-5-3-4-8(5,6)7/h5H,1-4H2. The molecule has 0 saturated carbocycles. The maximum absolute atomic E-state index is 10.6. The van der Waals surface area contributed by atoms with E-state index in [1.165, 1.54) is 0 Å². The summed E-state index contributed by atoms with van der Waals surface area (Å²) in [7, 11) is -2.63. The third-order valence-corrected chi connectivity index (χ3v) is 3.85. The van der Waals surface area contributed by atoms with Crippen molar-refractivity contribution in [2.24, 2.45) is 0 Å². The Morgan fingerprint density at radius 2 is 2.25 bits per heavy atom. The van der Waals surface area contributed by atoms with Gasteiger partial charge in [-0.05, 0) is 12.8 Å². The predicted molar refractivity (Wildman–Crippen MR) is 32.2 cm³/mol. The Hall–Kier alpha value is -0.0500. The molecule has 0 bridgehead atoms. The highest BCUT2D eigenvalue weighted by molar-refractivity contribution is 7.93. The lowest BCUT2D eigenvalue weighted by molar-refractivity contribution is 0.548. The summed E-state index contributed by atoms with van der Waals surface area (Å²) in [4.78, 5) is 0. The zero-order valence-corrected chi connectivity index (χ0v) is 5.45. The van der Waals surface area contributed by atoms with Gasteiger partial charge in [0, 0.05) is 0 Å². The fourth-order valence-electron chi connectivity index (χ4n) is 0.801. The van der Waals surface area contributed by atoms with E-state index in [0.717, 1.165) is 6.42 Å². The molecule has 0 aliphatic carbocycles. The third kappa shape index (κ3) is 0.749. The highest BCUT2D eigenvalue weighted by atomic mass is 32.2. The molecule has 0 aromatic rings. The molecule has 1 radical (unpaired) electrons. The van der Waals surface area contributed by atoms with Gasteiger partial charge in [-0.15, -0.1) is 0 Å². The first kappa shape index (κ1) is 6.08. The van der Waals surface area contributed by atoms with Crippen molar-refractivity contribution in [1.29, 1.82) is 0 Å². The molecule has 1 rings (SSSR count). The predicted octanol–water partition coefficient (Wildman–Crippen LogP) is 0.398. The van der Waals surface area contributed by atoms with E-state index in [2.05, 4.69) is 6.92 Å². The molecule has 3 heteroatoms. The van der Waals surface area contributed by atoms with Crippen LogP contribution in [0, 0.1) is 6.92 Å². The Morgan fingerprint density at radius 1 is 1.62 bits per heavy atom. The minimum Gasteiger partial charge on any atom is -0.229 e. The van der Waals surface area contributed by atoms with Gasteiger partial charge in [-0.1, -0.05) is 6.92 Å². The average Bonchev–Trinajstić information content (AvgIpc) is 1.66. The molecular weight excluding hydrogens is 124 g/mol. The fraction of sp³-hybridized carbons (Fsp3) is 0.800. The van der Waals surface area contributed by atoms with E-state index in [4.69, 9.17) is 0 Å². The maximum Gasteiger partial charge on any atom is 0.153 e. The van der Waals surface area contributed by atoms with Gasteiger partial charge in [-0.3, -0.25) is 0 Å². The van der Waals surface area contributed by atoms with Crippen LogP contribution >= 0.6 is 0 Å². The lowest BCUT2D eigenvalue weighted by Gasteiger charge is -2.23. The Kier molecular flexibility index (Phi) is 1.31. The maximum atomic E-state index is 10.6. The van der Waals surface area contributed by atoms with Gasteiger partial charge in [-0.2, -0.15) is 0 Å². The summed E-state index contributed by atoms with van der Waals surface area (Å²) in [5.74, 6) is 0.382. The van der Waals surface area contributed by atoms with Crippen molar-refractivity contribution in [1.82, 2.24) is 0 Å².